The molecule has 0 amide bonds. The van der Waals surface area contributed by atoms with E-state index >= 15 is 0 Å². The van der Waals surface area contributed by atoms with Crippen molar-refractivity contribution in [2.45, 2.75) is 24.8 Å². The SMILES string of the molecule is Cc1ccc(-c2nnc(SCc3ccc(Cl)nc3)o2)cc1C. The van der Waals surface area contributed by atoms with E-state index in [0.29, 0.717) is 22.0 Å². The molecule has 6 heteroatoms. The molecule has 0 atom stereocenters. The molecule has 0 saturated heterocycles. The number of hydrogen-bond acceptors (Lipinski definition) is 5. The Hall–Kier alpha value is -1.85. The van der Waals surface area contributed by atoms with Gasteiger partial charge < -0.3 is 4.42 Å². The van der Waals surface area contributed by atoms with Crippen LogP contribution in [0.2, 0.25) is 5.15 Å². The number of halogens is 1. The van der Waals surface area contributed by atoms with Gasteiger partial charge in [-0.3, -0.25) is 0 Å². The van der Waals surface area contributed by atoms with Crippen LogP contribution in [0.1, 0.15) is 16.7 Å². The van der Waals surface area contributed by atoms with Gasteiger partial charge in [-0.25, -0.2) is 4.98 Å². The van der Waals surface area contributed by atoms with Crippen LogP contribution in [0.4, 0.5) is 0 Å². The van der Waals surface area contributed by atoms with Crippen molar-refractivity contribution in [1.29, 1.82) is 0 Å². The topological polar surface area (TPSA) is 51.8 Å². The zero-order valence-corrected chi connectivity index (χ0v) is 13.8. The fourth-order valence-electron chi connectivity index (χ4n) is 1.90. The first-order valence-electron chi connectivity index (χ1n) is 6.76. The van der Waals surface area contributed by atoms with Gasteiger partial charge in [0.05, 0.1) is 0 Å². The molecule has 0 bridgehead atoms. The van der Waals surface area contributed by atoms with Crippen molar-refractivity contribution in [3.63, 3.8) is 0 Å². The summed E-state index contributed by atoms with van der Waals surface area (Å²) in [5.41, 5.74) is 4.45. The van der Waals surface area contributed by atoms with Crippen molar-refractivity contribution >= 4 is 23.4 Å². The second-order valence-electron chi connectivity index (χ2n) is 4.95. The fraction of sp³-hybridized carbons (Fsp3) is 0.188. The van der Waals surface area contributed by atoms with E-state index in [-0.39, 0.29) is 0 Å². The molecular weight excluding hydrogens is 318 g/mol. The van der Waals surface area contributed by atoms with Crippen LogP contribution in [0, 0.1) is 13.8 Å². The molecule has 0 fully saturated rings. The van der Waals surface area contributed by atoms with E-state index in [1.165, 1.54) is 22.9 Å². The van der Waals surface area contributed by atoms with Crippen LogP contribution < -0.4 is 0 Å². The van der Waals surface area contributed by atoms with Crippen LogP contribution in [-0.2, 0) is 5.75 Å². The molecule has 0 spiro atoms. The number of rotatable bonds is 4. The lowest BCUT2D eigenvalue weighted by molar-refractivity contribution is 0.466. The molecule has 0 aliphatic heterocycles. The average molecular weight is 332 g/mol. The van der Waals surface area contributed by atoms with Gasteiger partial charge >= 0.3 is 0 Å². The number of nitrogens with zero attached hydrogens (tertiary/aromatic N) is 3. The van der Waals surface area contributed by atoms with Crippen LogP contribution in [0.5, 0.6) is 0 Å². The summed E-state index contributed by atoms with van der Waals surface area (Å²) in [4.78, 5) is 4.05. The van der Waals surface area contributed by atoms with Crippen LogP contribution in [0.25, 0.3) is 11.5 Å². The average Bonchev–Trinajstić information content (AvgIpc) is 2.98. The number of aromatic nitrogens is 3. The standard InChI is InChI=1S/C16H14ClN3OS/c1-10-3-5-13(7-11(10)2)15-19-20-16(21-15)22-9-12-4-6-14(17)18-8-12/h3-8H,9H2,1-2H3. The smallest absolute Gasteiger partial charge is 0.277 e. The zero-order chi connectivity index (χ0) is 15.5. The lowest BCUT2D eigenvalue weighted by Gasteiger charge is -2.01. The second-order valence-corrected chi connectivity index (χ2v) is 6.26. The van der Waals surface area contributed by atoms with Crippen molar-refractivity contribution in [2.24, 2.45) is 0 Å². The Labute approximate surface area is 137 Å². The molecule has 0 aliphatic carbocycles. The summed E-state index contributed by atoms with van der Waals surface area (Å²) < 4.78 is 5.70. The number of pyridine rings is 1. The molecule has 3 rings (SSSR count). The van der Waals surface area contributed by atoms with E-state index in [1.807, 2.05) is 12.1 Å². The molecule has 22 heavy (non-hydrogen) atoms. The van der Waals surface area contributed by atoms with Crippen molar-refractivity contribution in [3.8, 4) is 11.5 Å². The molecule has 2 heterocycles. The van der Waals surface area contributed by atoms with E-state index in [9.17, 15) is 0 Å². The Morgan fingerprint density at radius 3 is 2.68 bits per heavy atom. The molecular formula is C16H14ClN3OS. The van der Waals surface area contributed by atoms with E-state index in [2.05, 4.69) is 41.2 Å². The predicted octanol–water partition coefficient (Wildman–Crippen LogP) is 4.69. The summed E-state index contributed by atoms with van der Waals surface area (Å²) in [6.45, 7) is 4.15. The first-order chi connectivity index (χ1) is 10.6. The maximum Gasteiger partial charge on any atom is 0.277 e. The van der Waals surface area contributed by atoms with E-state index < -0.39 is 0 Å². The highest BCUT2D eigenvalue weighted by Gasteiger charge is 2.10. The van der Waals surface area contributed by atoms with Gasteiger partial charge in [-0.15, -0.1) is 10.2 Å². The molecule has 0 radical (unpaired) electrons. The first kappa shape index (κ1) is 15.1. The normalized spacial score (nSPS) is 10.9. The van der Waals surface area contributed by atoms with Gasteiger partial charge in [0.1, 0.15) is 5.15 Å². The number of benzene rings is 1. The summed E-state index contributed by atoms with van der Waals surface area (Å²) >= 11 is 7.24. The molecule has 2 aromatic heterocycles. The quantitative estimate of drug-likeness (QED) is 0.512. The molecule has 0 saturated carbocycles. The maximum absolute atomic E-state index is 5.77. The van der Waals surface area contributed by atoms with Crippen LogP contribution >= 0.6 is 23.4 Å². The third kappa shape index (κ3) is 3.48. The Balaban J connectivity index is 1.70. The molecule has 0 unspecified atom stereocenters. The lowest BCUT2D eigenvalue weighted by atomic mass is 10.1. The molecule has 0 N–H and O–H groups in total. The minimum atomic E-state index is 0.489. The summed E-state index contributed by atoms with van der Waals surface area (Å²) in [6.07, 6.45) is 1.75. The predicted molar refractivity (Wildman–Crippen MR) is 88.0 cm³/mol. The number of thioether (sulfide) groups is 1. The largest absolute Gasteiger partial charge is 0.411 e. The second kappa shape index (κ2) is 6.50. The lowest BCUT2D eigenvalue weighted by Crippen LogP contribution is -1.83. The van der Waals surface area contributed by atoms with Gasteiger partial charge in [-0.2, -0.15) is 0 Å². The zero-order valence-electron chi connectivity index (χ0n) is 12.2. The number of aryl methyl sites for hydroxylation is 2. The van der Waals surface area contributed by atoms with Gasteiger partial charge in [0.25, 0.3) is 5.22 Å². The van der Waals surface area contributed by atoms with Crippen molar-refractivity contribution in [2.75, 3.05) is 0 Å². The van der Waals surface area contributed by atoms with Crippen molar-refractivity contribution in [1.82, 2.24) is 15.2 Å². The Bertz CT molecular complexity index is 786. The summed E-state index contributed by atoms with van der Waals surface area (Å²) in [5.74, 6) is 1.25. The number of hydrogen-bond donors (Lipinski definition) is 0. The van der Waals surface area contributed by atoms with Crippen molar-refractivity contribution in [3.05, 3.63) is 58.4 Å². The van der Waals surface area contributed by atoms with Crippen LogP contribution in [0.3, 0.4) is 0 Å². The Kier molecular flexibility index (Phi) is 4.45. The summed E-state index contributed by atoms with van der Waals surface area (Å²) in [5, 5.41) is 9.22. The first-order valence-corrected chi connectivity index (χ1v) is 8.12. The van der Waals surface area contributed by atoms with Gasteiger partial charge in [-0.1, -0.05) is 35.5 Å². The van der Waals surface area contributed by atoms with E-state index in [0.717, 1.165) is 11.1 Å². The third-order valence-electron chi connectivity index (χ3n) is 3.31. The monoisotopic (exact) mass is 331 g/mol. The van der Waals surface area contributed by atoms with Gasteiger partial charge in [-0.05, 0) is 48.7 Å². The maximum atomic E-state index is 5.77. The highest BCUT2D eigenvalue weighted by molar-refractivity contribution is 7.98. The van der Waals surface area contributed by atoms with Gasteiger partial charge in [0, 0.05) is 17.5 Å². The summed E-state index contributed by atoms with van der Waals surface area (Å²) in [6, 6.07) is 9.81. The van der Waals surface area contributed by atoms with Crippen molar-refractivity contribution < 1.29 is 4.42 Å². The molecule has 1 aromatic carbocycles. The highest BCUT2D eigenvalue weighted by atomic mass is 35.5. The minimum Gasteiger partial charge on any atom is -0.411 e. The fourth-order valence-corrected chi connectivity index (χ4v) is 2.71. The highest BCUT2D eigenvalue weighted by Crippen LogP contribution is 2.26. The van der Waals surface area contributed by atoms with Gasteiger partial charge in [0.2, 0.25) is 5.89 Å². The third-order valence-corrected chi connectivity index (χ3v) is 4.42. The molecule has 4 nitrogen and oxygen atoms in total. The Morgan fingerprint density at radius 1 is 1.09 bits per heavy atom. The van der Waals surface area contributed by atoms with Crippen LogP contribution in [0.15, 0.2) is 46.2 Å². The molecule has 3 aromatic rings. The van der Waals surface area contributed by atoms with E-state index in [4.69, 9.17) is 16.0 Å². The minimum absolute atomic E-state index is 0.489. The Morgan fingerprint density at radius 2 is 1.95 bits per heavy atom. The summed E-state index contributed by atoms with van der Waals surface area (Å²) in [7, 11) is 0. The molecule has 112 valence electrons. The van der Waals surface area contributed by atoms with Crippen LogP contribution in [-0.4, -0.2) is 15.2 Å². The van der Waals surface area contributed by atoms with Gasteiger partial charge in [0.15, 0.2) is 0 Å². The molecule has 0 aliphatic rings. The van der Waals surface area contributed by atoms with E-state index in [1.54, 1.807) is 12.3 Å².